The minimum atomic E-state index is -0.722. The maximum absolute atomic E-state index is 13.2. The van der Waals surface area contributed by atoms with Crippen LogP contribution in [0.4, 0.5) is 5.69 Å². The van der Waals surface area contributed by atoms with E-state index in [9.17, 15) is 14.4 Å². The van der Waals surface area contributed by atoms with E-state index in [2.05, 4.69) is 12.2 Å². The molecule has 156 valence electrons. The quantitative estimate of drug-likeness (QED) is 0.802. The molecule has 1 N–H and O–H groups in total. The molecule has 6 heteroatoms. The summed E-state index contributed by atoms with van der Waals surface area (Å²) in [5.41, 5.74) is 1.64. The third kappa shape index (κ3) is 3.47. The Labute approximate surface area is 176 Å². The van der Waals surface area contributed by atoms with E-state index in [0.29, 0.717) is 30.6 Å². The average Bonchev–Trinajstić information content (AvgIpc) is 3.07. The molecule has 30 heavy (non-hydrogen) atoms. The van der Waals surface area contributed by atoms with E-state index < -0.39 is 5.66 Å². The van der Waals surface area contributed by atoms with Crippen LogP contribution in [0.15, 0.2) is 54.6 Å². The van der Waals surface area contributed by atoms with Crippen LogP contribution in [-0.4, -0.2) is 41.4 Å². The number of hydrogen-bond donors (Lipinski definition) is 1. The van der Waals surface area contributed by atoms with Crippen molar-refractivity contribution >= 4 is 23.4 Å². The Hall–Kier alpha value is -3.15. The van der Waals surface area contributed by atoms with Crippen molar-refractivity contribution < 1.29 is 14.4 Å². The highest BCUT2D eigenvalue weighted by molar-refractivity contribution is 6.10. The normalized spacial score (nSPS) is 21.3. The summed E-state index contributed by atoms with van der Waals surface area (Å²) < 4.78 is 0. The van der Waals surface area contributed by atoms with E-state index >= 15 is 0 Å². The van der Waals surface area contributed by atoms with Crippen molar-refractivity contribution in [3.63, 3.8) is 0 Å². The van der Waals surface area contributed by atoms with Gasteiger partial charge in [0.15, 0.2) is 0 Å². The van der Waals surface area contributed by atoms with Crippen LogP contribution in [0.2, 0.25) is 0 Å². The number of amides is 3. The SMILES string of the molecule is CC(CNC(=O)CCN1C(=O)c2ccccc2N2C(=O)CCC12C)c1ccccc1. The van der Waals surface area contributed by atoms with Crippen molar-refractivity contribution in [3.8, 4) is 0 Å². The standard InChI is InChI=1S/C24H27N3O3/c1-17(18-8-4-3-5-9-18)16-25-21(28)13-15-26-23(30)19-10-6-7-11-20(19)27-22(29)12-14-24(26,27)2/h3-11,17H,12-16H2,1-2H3,(H,25,28). The van der Waals surface area contributed by atoms with E-state index in [1.54, 1.807) is 21.9 Å². The summed E-state index contributed by atoms with van der Waals surface area (Å²) in [5, 5.41) is 2.98. The first-order chi connectivity index (χ1) is 14.4. The topological polar surface area (TPSA) is 69.7 Å². The predicted molar refractivity (Wildman–Crippen MR) is 115 cm³/mol. The summed E-state index contributed by atoms with van der Waals surface area (Å²) in [6, 6.07) is 17.3. The van der Waals surface area contributed by atoms with Crippen LogP contribution in [0.3, 0.4) is 0 Å². The van der Waals surface area contributed by atoms with Gasteiger partial charge in [-0.25, -0.2) is 0 Å². The molecule has 0 aromatic heterocycles. The summed E-state index contributed by atoms with van der Waals surface area (Å²) >= 11 is 0. The number of fused-ring (bicyclic) bond motifs is 3. The van der Waals surface area contributed by atoms with Crippen molar-refractivity contribution in [1.82, 2.24) is 10.2 Å². The number of hydrogen-bond acceptors (Lipinski definition) is 3. The van der Waals surface area contributed by atoms with Crippen molar-refractivity contribution in [2.24, 2.45) is 0 Å². The number of carbonyl (C=O) groups excluding carboxylic acids is 3. The summed E-state index contributed by atoms with van der Waals surface area (Å²) in [6.45, 7) is 4.81. The van der Waals surface area contributed by atoms with Gasteiger partial charge in [0.2, 0.25) is 11.8 Å². The first-order valence-corrected chi connectivity index (χ1v) is 10.5. The number of nitrogens with zero attached hydrogens (tertiary/aromatic N) is 2. The van der Waals surface area contributed by atoms with E-state index in [4.69, 9.17) is 0 Å². The van der Waals surface area contributed by atoms with E-state index in [1.165, 1.54) is 5.56 Å². The molecule has 1 fully saturated rings. The molecule has 2 aromatic carbocycles. The van der Waals surface area contributed by atoms with Crippen molar-refractivity contribution in [1.29, 1.82) is 0 Å². The number of benzene rings is 2. The summed E-state index contributed by atoms with van der Waals surface area (Å²) in [5.74, 6) is 0.0103. The third-order valence-corrected chi connectivity index (χ3v) is 6.28. The smallest absolute Gasteiger partial charge is 0.257 e. The van der Waals surface area contributed by atoms with Gasteiger partial charge >= 0.3 is 0 Å². The lowest BCUT2D eigenvalue weighted by molar-refractivity contribution is -0.121. The zero-order valence-electron chi connectivity index (χ0n) is 17.4. The molecule has 1 saturated heterocycles. The summed E-state index contributed by atoms with van der Waals surface area (Å²) in [4.78, 5) is 41.7. The van der Waals surface area contributed by atoms with Gasteiger partial charge < -0.3 is 10.2 Å². The van der Waals surface area contributed by atoms with Gasteiger partial charge in [0.05, 0.1) is 11.3 Å². The van der Waals surface area contributed by atoms with Crippen molar-refractivity contribution in [2.75, 3.05) is 18.0 Å². The van der Waals surface area contributed by atoms with E-state index in [1.807, 2.05) is 49.4 Å². The first-order valence-electron chi connectivity index (χ1n) is 10.5. The molecule has 4 rings (SSSR count). The Balaban J connectivity index is 1.43. The lowest BCUT2D eigenvalue weighted by Gasteiger charge is -2.48. The van der Waals surface area contributed by atoms with Gasteiger partial charge in [-0.15, -0.1) is 0 Å². The monoisotopic (exact) mass is 405 g/mol. The predicted octanol–water partition coefficient (Wildman–Crippen LogP) is 3.30. The zero-order chi connectivity index (χ0) is 21.3. The number of carbonyl (C=O) groups is 3. The van der Waals surface area contributed by atoms with Gasteiger partial charge in [0, 0.05) is 25.9 Å². The minimum Gasteiger partial charge on any atom is -0.355 e. The molecule has 2 aliphatic rings. The molecule has 2 unspecified atom stereocenters. The Morgan fingerprint density at radius 3 is 2.57 bits per heavy atom. The molecule has 2 atom stereocenters. The highest BCUT2D eigenvalue weighted by atomic mass is 16.2. The minimum absolute atomic E-state index is 0.0172. The largest absolute Gasteiger partial charge is 0.355 e. The molecular formula is C24H27N3O3. The molecule has 0 bridgehead atoms. The van der Waals surface area contributed by atoms with Gasteiger partial charge in [0.1, 0.15) is 5.66 Å². The fourth-order valence-electron chi connectivity index (χ4n) is 4.51. The Morgan fingerprint density at radius 1 is 1.10 bits per heavy atom. The van der Waals surface area contributed by atoms with Crippen LogP contribution < -0.4 is 10.2 Å². The highest BCUT2D eigenvalue weighted by Gasteiger charge is 2.52. The highest BCUT2D eigenvalue weighted by Crippen LogP contribution is 2.43. The molecule has 2 aliphatic heterocycles. The van der Waals surface area contributed by atoms with Crippen molar-refractivity contribution in [2.45, 2.75) is 44.7 Å². The number of anilines is 1. The number of rotatable bonds is 6. The second-order valence-corrected chi connectivity index (χ2v) is 8.29. The molecular weight excluding hydrogens is 378 g/mol. The van der Waals surface area contributed by atoms with Crippen molar-refractivity contribution in [3.05, 3.63) is 65.7 Å². The lowest BCUT2D eigenvalue weighted by atomic mass is 9.98. The fourth-order valence-corrected chi connectivity index (χ4v) is 4.51. The second kappa shape index (κ2) is 7.94. The van der Waals surface area contributed by atoms with Gasteiger partial charge in [-0.1, -0.05) is 49.4 Å². The molecule has 2 aromatic rings. The Kier molecular flexibility index (Phi) is 5.33. The molecule has 6 nitrogen and oxygen atoms in total. The summed E-state index contributed by atoms with van der Waals surface area (Å²) in [6.07, 6.45) is 1.17. The van der Waals surface area contributed by atoms with Crippen LogP contribution in [0.5, 0.6) is 0 Å². The van der Waals surface area contributed by atoms with Crippen LogP contribution in [-0.2, 0) is 9.59 Å². The molecule has 2 heterocycles. The maximum Gasteiger partial charge on any atom is 0.257 e. The van der Waals surface area contributed by atoms with Crippen LogP contribution >= 0.6 is 0 Å². The molecule has 3 amide bonds. The number of nitrogens with one attached hydrogen (secondary N) is 1. The van der Waals surface area contributed by atoms with Gasteiger partial charge in [0.25, 0.3) is 5.91 Å². The van der Waals surface area contributed by atoms with Crippen LogP contribution in [0.25, 0.3) is 0 Å². The van der Waals surface area contributed by atoms with Gasteiger partial charge in [-0.2, -0.15) is 0 Å². The third-order valence-electron chi connectivity index (χ3n) is 6.28. The van der Waals surface area contributed by atoms with Crippen LogP contribution in [0.1, 0.15) is 54.9 Å². The Morgan fingerprint density at radius 2 is 1.80 bits per heavy atom. The molecule has 0 aliphatic carbocycles. The number of para-hydroxylation sites is 1. The average molecular weight is 405 g/mol. The molecule has 0 saturated carbocycles. The Bertz CT molecular complexity index is 975. The van der Waals surface area contributed by atoms with E-state index in [0.717, 1.165) is 0 Å². The first kappa shape index (κ1) is 20.1. The van der Waals surface area contributed by atoms with Gasteiger partial charge in [-0.3, -0.25) is 19.3 Å². The molecule has 0 spiro atoms. The fraction of sp³-hybridized carbons (Fsp3) is 0.375. The van der Waals surface area contributed by atoms with E-state index in [-0.39, 0.29) is 36.6 Å². The zero-order valence-corrected chi connectivity index (χ0v) is 17.4. The van der Waals surface area contributed by atoms with Gasteiger partial charge in [-0.05, 0) is 37.0 Å². The second-order valence-electron chi connectivity index (χ2n) is 8.29. The molecule has 0 radical (unpaired) electrons. The summed E-state index contributed by atoms with van der Waals surface area (Å²) in [7, 11) is 0. The lowest BCUT2D eigenvalue weighted by Crippen LogP contribution is -2.62. The maximum atomic E-state index is 13.2. The van der Waals surface area contributed by atoms with Crippen LogP contribution in [0, 0.1) is 0 Å².